The van der Waals surface area contributed by atoms with Crippen molar-refractivity contribution in [1.29, 1.82) is 0 Å². The fourth-order valence-electron chi connectivity index (χ4n) is 8.74. The monoisotopic (exact) mass is 1100 g/mol. The molecule has 0 aliphatic heterocycles. The van der Waals surface area contributed by atoms with Gasteiger partial charge in [-0.3, -0.25) is 14.4 Å². The highest BCUT2D eigenvalue weighted by molar-refractivity contribution is 5.71. The second kappa shape index (κ2) is 66.8. The number of rotatable bonds is 58. The van der Waals surface area contributed by atoms with Crippen molar-refractivity contribution in [3.8, 4) is 0 Å². The molecule has 0 heterocycles. The smallest absolute Gasteiger partial charge is 0.306 e. The number of carbonyl (C=O) groups is 3. The van der Waals surface area contributed by atoms with Gasteiger partial charge in [0.1, 0.15) is 13.2 Å². The summed E-state index contributed by atoms with van der Waals surface area (Å²) in [6.07, 6.45) is 95.8. The Morgan fingerprint density at radius 3 is 0.787 bits per heavy atom. The van der Waals surface area contributed by atoms with Crippen molar-refractivity contribution in [2.24, 2.45) is 0 Å². The van der Waals surface area contributed by atoms with Gasteiger partial charge in [-0.05, 0) is 122 Å². The van der Waals surface area contributed by atoms with Gasteiger partial charge < -0.3 is 14.2 Å². The molecule has 1 unspecified atom stereocenters. The van der Waals surface area contributed by atoms with Gasteiger partial charge in [-0.25, -0.2) is 0 Å². The van der Waals surface area contributed by atoms with Crippen LogP contribution in [0.4, 0.5) is 0 Å². The van der Waals surface area contributed by atoms with Gasteiger partial charge in [0.2, 0.25) is 0 Å². The van der Waals surface area contributed by atoms with Crippen molar-refractivity contribution in [3.05, 3.63) is 146 Å². The summed E-state index contributed by atoms with van der Waals surface area (Å²) in [5.41, 5.74) is 0. The van der Waals surface area contributed by atoms with Gasteiger partial charge >= 0.3 is 17.9 Å². The van der Waals surface area contributed by atoms with E-state index in [4.69, 9.17) is 14.2 Å². The summed E-state index contributed by atoms with van der Waals surface area (Å²) < 4.78 is 16.9. The predicted octanol–water partition coefficient (Wildman–Crippen LogP) is 22.7. The first kappa shape index (κ1) is 75.3. The number of ether oxygens (including phenoxy) is 3. The molecule has 0 radical (unpaired) electrons. The van der Waals surface area contributed by atoms with E-state index < -0.39 is 6.10 Å². The summed E-state index contributed by atoms with van der Waals surface area (Å²) >= 11 is 0. The molecule has 0 amide bonds. The second-order valence-corrected chi connectivity index (χ2v) is 21.3. The lowest BCUT2D eigenvalue weighted by atomic mass is 10.0. The molecule has 0 aliphatic carbocycles. The summed E-state index contributed by atoms with van der Waals surface area (Å²) in [6, 6.07) is 0. The highest BCUT2D eigenvalue weighted by Crippen LogP contribution is 2.15. The van der Waals surface area contributed by atoms with Crippen LogP contribution in [0.15, 0.2) is 146 Å². The van der Waals surface area contributed by atoms with Crippen molar-refractivity contribution in [2.45, 2.75) is 290 Å². The van der Waals surface area contributed by atoms with Gasteiger partial charge in [-0.1, -0.05) is 289 Å². The van der Waals surface area contributed by atoms with E-state index in [-0.39, 0.29) is 37.5 Å². The van der Waals surface area contributed by atoms with Crippen LogP contribution < -0.4 is 0 Å². The Bertz CT molecular complexity index is 1750. The van der Waals surface area contributed by atoms with Crippen LogP contribution in [-0.4, -0.2) is 37.2 Å². The van der Waals surface area contributed by atoms with Crippen molar-refractivity contribution >= 4 is 17.9 Å². The van der Waals surface area contributed by atoms with Gasteiger partial charge in [0.15, 0.2) is 6.10 Å². The molecule has 0 saturated carbocycles. The van der Waals surface area contributed by atoms with Crippen LogP contribution >= 0.6 is 0 Å². The maximum absolute atomic E-state index is 12.9. The quantitative estimate of drug-likeness (QED) is 0.0261. The van der Waals surface area contributed by atoms with Gasteiger partial charge in [0.25, 0.3) is 0 Å². The van der Waals surface area contributed by atoms with Gasteiger partial charge in [-0.2, -0.15) is 0 Å². The minimum Gasteiger partial charge on any atom is -0.462 e. The van der Waals surface area contributed by atoms with Gasteiger partial charge in [0.05, 0.1) is 0 Å². The van der Waals surface area contributed by atoms with Crippen LogP contribution in [-0.2, 0) is 28.6 Å². The maximum Gasteiger partial charge on any atom is 0.306 e. The second-order valence-electron chi connectivity index (χ2n) is 21.3. The van der Waals surface area contributed by atoms with Crippen LogP contribution in [0.5, 0.6) is 0 Å². The molecule has 0 aromatic rings. The molecular weight excluding hydrogens is 985 g/mol. The Kier molecular flexibility index (Phi) is 62.9. The lowest BCUT2D eigenvalue weighted by Gasteiger charge is -2.18. The molecule has 0 aliphatic rings. The molecule has 6 heteroatoms. The van der Waals surface area contributed by atoms with Crippen LogP contribution in [0.2, 0.25) is 0 Å². The average molecular weight is 1110 g/mol. The summed E-state index contributed by atoms with van der Waals surface area (Å²) in [5, 5.41) is 0. The SMILES string of the molecule is CC/C=C\C/C=C\C/C=C\C/C=C\C/C=C\C/C=C\C/C=C\C/C=C\CCCCCCCCCCCCC(=O)OCC(COC(=O)CCCCCCCCCCCCCC)OC(=O)CCCC/C=C\C/C=C\C/C=C\C/C=C\CC. The minimum absolute atomic E-state index is 0.0970. The fourth-order valence-corrected chi connectivity index (χ4v) is 8.74. The topological polar surface area (TPSA) is 78.9 Å². The number of unbranched alkanes of at least 4 members (excludes halogenated alkanes) is 23. The third-order valence-electron chi connectivity index (χ3n) is 13.6. The third kappa shape index (κ3) is 64.1. The van der Waals surface area contributed by atoms with E-state index in [9.17, 15) is 14.4 Å². The van der Waals surface area contributed by atoms with E-state index in [2.05, 4.69) is 167 Å². The number of esters is 3. The molecule has 0 N–H and O–H groups in total. The standard InChI is InChI=1S/C74H120O6/c1-4-7-10-13-16-19-22-25-27-28-29-30-31-32-33-34-35-36-37-38-39-40-41-42-43-44-45-46-48-49-52-55-58-61-64-67-73(76)79-70-71(69-78-72(75)66-63-60-57-54-51-24-21-18-15-12-9-6-3)80-74(77)68-65-62-59-56-53-50-47-26-23-20-17-14-11-8-5-2/h7-8,10-11,16-17,19-20,25-27,29-30,32-33,35-36,38-39,41-42,47,53,56,71H,4-6,9,12-15,18,21-24,28,31,34,37,40,43-46,48-52,54-55,57-70H2,1-3H3/b10-7-,11-8-,19-16-,20-17-,27-25-,30-29-,33-32-,36-35-,39-38-,42-41-,47-26-,56-53-. The van der Waals surface area contributed by atoms with Crippen LogP contribution in [0.3, 0.4) is 0 Å². The van der Waals surface area contributed by atoms with E-state index in [0.717, 1.165) is 135 Å². The Balaban J connectivity index is 4.24. The van der Waals surface area contributed by atoms with Crippen LogP contribution in [0.25, 0.3) is 0 Å². The lowest BCUT2D eigenvalue weighted by Crippen LogP contribution is -2.30. The first-order valence-electron chi connectivity index (χ1n) is 32.8. The van der Waals surface area contributed by atoms with Gasteiger partial charge in [0, 0.05) is 19.3 Å². The molecule has 6 nitrogen and oxygen atoms in total. The molecule has 0 aromatic carbocycles. The molecule has 0 fully saturated rings. The van der Waals surface area contributed by atoms with Crippen LogP contribution in [0.1, 0.15) is 284 Å². The van der Waals surface area contributed by atoms with Crippen molar-refractivity contribution in [3.63, 3.8) is 0 Å². The maximum atomic E-state index is 12.9. The summed E-state index contributed by atoms with van der Waals surface area (Å²) in [5.74, 6) is -0.943. The summed E-state index contributed by atoms with van der Waals surface area (Å²) in [6.45, 7) is 6.37. The lowest BCUT2D eigenvalue weighted by molar-refractivity contribution is -0.167. The van der Waals surface area contributed by atoms with E-state index >= 15 is 0 Å². The molecule has 0 aromatic heterocycles. The highest BCUT2D eigenvalue weighted by Gasteiger charge is 2.19. The average Bonchev–Trinajstić information content (AvgIpc) is 3.46. The van der Waals surface area contributed by atoms with E-state index in [1.807, 2.05) is 0 Å². The number of hydrogen-bond acceptors (Lipinski definition) is 6. The molecule has 0 saturated heterocycles. The normalized spacial score (nSPS) is 13.1. The summed E-state index contributed by atoms with van der Waals surface area (Å²) in [4.78, 5) is 38.2. The first-order valence-corrected chi connectivity index (χ1v) is 32.8. The Hall–Kier alpha value is -4.71. The van der Waals surface area contributed by atoms with Crippen molar-refractivity contribution in [1.82, 2.24) is 0 Å². The molecule has 0 spiro atoms. The molecule has 1 atom stereocenters. The Morgan fingerprint density at radius 2 is 0.487 bits per heavy atom. The third-order valence-corrected chi connectivity index (χ3v) is 13.6. The van der Waals surface area contributed by atoms with E-state index in [1.165, 1.54) is 103 Å². The first-order chi connectivity index (χ1) is 39.5. The number of allylic oxidation sites excluding steroid dienone is 24. The molecule has 0 bridgehead atoms. The van der Waals surface area contributed by atoms with Crippen LogP contribution in [0, 0.1) is 0 Å². The highest BCUT2D eigenvalue weighted by atomic mass is 16.6. The zero-order valence-corrected chi connectivity index (χ0v) is 51.8. The molecule has 452 valence electrons. The molecule has 0 rings (SSSR count). The summed E-state index contributed by atoms with van der Waals surface area (Å²) in [7, 11) is 0. The molecule has 80 heavy (non-hydrogen) atoms. The fraction of sp³-hybridized carbons (Fsp3) is 0.635. The van der Waals surface area contributed by atoms with E-state index in [0.29, 0.717) is 19.3 Å². The Labute approximate surface area is 493 Å². The zero-order valence-electron chi connectivity index (χ0n) is 51.8. The van der Waals surface area contributed by atoms with E-state index in [1.54, 1.807) is 0 Å². The van der Waals surface area contributed by atoms with Gasteiger partial charge in [-0.15, -0.1) is 0 Å². The predicted molar refractivity (Wildman–Crippen MR) is 348 cm³/mol. The number of carbonyl (C=O) groups excluding carboxylic acids is 3. The minimum atomic E-state index is -0.804. The van der Waals surface area contributed by atoms with Crippen molar-refractivity contribution in [2.75, 3.05) is 13.2 Å². The zero-order chi connectivity index (χ0) is 57.8. The number of hydrogen-bond donors (Lipinski definition) is 0. The Morgan fingerprint density at radius 1 is 0.263 bits per heavy atom. The largest absolute Gasteiger partial charge is 0.462 e. The molecular formula is C74H120O6. The van der Waals surface area contributed by atoms with Crippen molar-refractivity contribution < 1.29 is 28.6 Å².